The molecule has 0 aromatic heterocycles. The monoisotopic (exact) mass is 519 g/mol. The number of carbonyl (C=O) groups is 2. The molecular formula is C30H37N3O5. The second kappa shape index (κ2) is 11.2. The zero-order valence-corrected chi connectivity index (χ0v) is 22.1. The van der Waals surface area contributed by atoms with Gasteiger partial charge in [-0.05, 0) is 54.0 Å². The second-order valence-electron chi connectivity index (χ2n) is 10.8. The molecule has 3 aliphatic rings. The molecule has 0 aliphatic carbocycles. The molecule has 2 atom stereocenters. The molecule has 3 heterocycles. The van der Waals surface area contributed by atoms with E-state index in [1.54, 1.807) is 4.90 Å². The molecule has 2 unspecified atom stereocenters. The summed E-state index contributed by atoms with van der Waals surface area (Å²) in [7, 11) is 0. The summed E-state index contributed by atoms with van der Waals surface area (Å²) in [5, 5.41) is 12.3. The maximum absolute atomic E-state index is 13.6. The number of nitrogens with one attached hydrogen (secondary N) is 1. The summed E-state index contributed by atoms with van der Waals surface area (Å²) in [6, 6.07) is 17.6. The van der Waals surface area contributed by atoms with Crippen molar-refractivity contribution >= 4 is 17.5 Å². The summed E-state index contributed by atoms with van der Waals surface area (Å²) in [5.41, 5.74) is 2.20. The van der Waals surface area contributed by atoms with Gasteiger partial charge in [0.15, 0.2) is 5.76 Å². The van der Waals surface area contributed by atoms with Crippen LogP contribution in [0, 0.1) is 11.8 Å². The first kappa shape index (κ1) is 26.3. The van der Waals surface area contributed by atoms with Gasteiger partial charge in [-0.2, -0.15) is 0 Å². The molecule has 2 saturated heterocycles. The van der Waals surface area contributed by atoms with E-state index in [2.05, 4.69) is 24.1 Å². The summed E-state index contributed by atoms with van der Waals surface area (Å²) >= 11 is 0. The molecule has 8 nitrogen and oxygen atoms in total. The Morgan fingerprint density at radius 1 is 1.11 bits per heavy atom. The van der Waals surface area contributed by atoms with Gasteiger partial charge in [0.1, 0.15) is 5.54 Å². The van der Waals surface area contributed by atoms with Crippen LogP contribution in [-0.4, -0.2) is 53.4 Å². The first-order valence-electron chi connectivity index (χ1n) is 13.5. The van der Waals surface area contributed by atoms with Crippen LogP contribution in [0.2, 0.25) is 0 Å². The van der Waals surface area contributed by atoms with Gasteiger partial charge in [0.25, 0.3) is 5.91 Å². The lowest BCUT2D eigenvalue weighted by molar-refractivity contribution is -0.161. The molecule has 202 valence electrons. The van der Waals surface area contributed by atoms with Crippen molar-refractivity contribution < 1.29 is 24.2 Å². The summed E-state index contributed by atoms with van der Waals surface area (Å²) in [6.07, 6.45) is 3.23. The van der Waals surface area contributed by atoms with Crippen molar-refractivity contribution in [1.29, 1.82) is 0 Å². The summed E-state index contributed by atoms with van der Waals surface area (Å²) in [6.45, 7) is 6.08. The number of carbonyl (C=O) groups excluding carboxylic acids is 2. The van der Waals surface area contributed by atoms with Crippen molar-refractivity contribution in [3.05, 3.63) is 77.6 Å². The van der Waals surface area contributed by atoms with Crippen LogP contribution in [-0.2, 0) is 32.3 Å². The van der Waals surface area contributed by atoms with E-state index in [1.807, 2.05) is 60.7 Å². The third-order valence-corrected chi connectivity index (χ3v) is 8.08. The minimum Gasteiger partial charge on any atom is -0.459 e. The highest BCUT2D eigenvalue weighted by Gasteiger charge is 2.51. The van der Waals surface area contributed by atoms with Gasteiger partial charge in [-0.15, -0.1) is 0 Å². The van der Waals surface area contributed by atoms with Crippen LogP contribution < -0.4 is 10.2 Å². The minimum absolute atomic E-state index is 0.00574. The van der Waals surface area contributed by atoms with Gasteiger partial charge < -0.3 is 29.7 Å². The van der Waals surface area contributed by atoms with Crippen molar-refractivity contribution in [1.82, 2.24) is 10.2 Å². The van der Waals surface area contributed by atoms with Crippen molar-refractivity contribution in [2.75, 3.05) is 24.7 Å². The van der Waals surface area contributed by atoms with E-state index >= 15 is 0 Å². The Kier molecular flexibility index (Phi) is 7.72. The number of ether oxygens (including phenoxy) is 2. The van der Waals surface area contributed by atoms with Gasteiger partial charge in [-0.25, -0.2) is 0 Å². The van der Waals surface area contributed by atoms with E-state index in [1.165, 1.54) is 0 Å². The number of aliphatic hydroxyl groups excluding tert-OH is 1. The Bertz CT molecular complexity index is 1160. The largest absolute Gasteiger partial charge is 0.459 e. The molecule has 5 rings (SSSR count). The summed E-state index contributed by atoms with van der Waals surface area (Å²) < 4.78 is 12.2. The van der Waals surface area contributed by atoms with Crippen LogP contribution in [0.15, 0.2) is 66.4 Å². The molecule has 1 spiro atoms. The molecule has 0 saturated carbocycles. The number of amides is 2. The number of anilines is 1. The van der Waals surface area contributed by atoms with E-state index in [0.717, 1.165) is 16.8 Å². The zero-order valence-electron chi connectivity index (χ0n) is 22.1. The Hall–Kier alpha value is -3.36. The average molecular weight is 520 g/mol. The zero-order chi connectivity index (χ0) is 26.7. The molecule has 3 aliphatic heterocycles. The number of hydrogen-bond donors (Lipinski definition) is 2. The molecule has 2 N–H and O–H groups in total. The predicted octanol–water partition coefficient (Wildman–Crippen LogP) is 3.55. The highest BCUT2D eigenvalue weighted by atomic mass is 16.7. The number of likely N-dealkylation sites (tertiary alicyclic amines) is 1. The van der Waals surface area contributed by atoms with Crippen LogP contribution in [0.3, 0.4) is 0 Å². The normalized spacial score (nSPS) is 22.8. The Morgan fingerprint density at radius 3 is 2.45 bits per heavy atom. The first-order chi connectivity index (χ1) is 18.4. The Balaban J connectivity index is 1.24. The molecule has 2 amide bonds. The van der Waals surface area contributed by atoms with Gasteiger partial charge >= 0.3 is 0 Å². The van der Waals surface area contributed by atoms with Crippen molar-refractivity contribution in [3.63, 3.8) is 0 Å². The fraction of sp³-hybridized carbons (Fsp3) is 0.467. The highest BCUT2D eigenvalue weighted by molar-refractivity contribution is 5.95. The Morgan fingerprint density at radius 2 is 1.79 bits per heavy atom. The molecule has 8 heteroatoms. The smallest absolute Gasteiger partial charge is 0.288 e. The van der Waals surface area contributed by atoms with E-state index in [0.29, 0.717) is 57.3 Å². The number of hydrogen-bond acceptors (Lipinski definition) is 6. The van der Waals surface area contributed by atoms with Crippen LogP contribution in [0.1, 0.15) is 44.2 Å². The van der Waals surface area contributed by atoms with Gasteiger partial charge in [0.2, 0.25) is 12.2 Å². The quantitative estimate of drug-likeness (QED) is 0.582. The van der Waals surface area contributed by atoms with Crippen LogP contribution in [0.25, 0.3) is 0 Å². The standard InChI is InChI=1S/C30H37N3O5/c1-21(2)24-16-26(38-27(17-24)37-19-23-10-8-22(18-34)9-11-23)28(35)32-14-12-30(13-15-32)29(36)31-20-33(30)25-6-4-3-5-7-25/h3-11,16,21,24,27,34H,12-15,17-20H2,1-2H3,(H,31,36). The van der Waals surface area contributed by atoms with E-state index < -0.39 is 11.8 Å². The third-order valence-electron chi connectivity index (χ3n) is 8.08. The minimum atomic E-state index is -0.641. The molecule has 38 heavy (non-hydrogen) atoms. The molecule has 2 aromatic rings. The number of nitrogens with zero attached hydrogens (tertiary/aromatic N) is 2. The number of rotatable bonds is 7. The fourth-order valence-electron chi connectivity index (χ4n) is 5.60. The van der Waals surface area contributed by atoms with Crippen LogP contribution in [0.4, 0.5) is 5.69 Å². The number of para-hydroxylation sites is 1. The van der Waals surface area contributed by atoms with Gasteiger partial charge in [-0.3, -0.25) is 9.59 Å². The first-order valence-corrected chi connectivity index (χ1v) is 13.5. The number of benzene rings is 2. The molecule has 2 fully saturated rings. The van der Waals surface area contributed by atoms with E-state index in [9.17, 15) is 14.7 Å². The molecular weight excluding hydrogens is 482 g/mol. The fourth-order valence-corrected chi connectivity index (χ4v) is 5.60. The average Bonchev–Trinajstić information content (AvgIpc) is 3.27. The number of aliphatic hydroxyl groups is 1. The molecule has 0 bridgehead atoms. The lowest BCUT2D eigenvalue weighted by Crippen LogP contribution is -2.57. The molecule has 0 radical (unpaired) electrons. The van der Waals surface area contributed by atoms with E-state index in [-0.39, 0.29) is 24.3 Å². The lowest BCUT2D eigenvalue weighted by Gasteiger charge is -2.43. The van der Waals surface area contributed by atoms with Crippen molar-refractivity contribution in [3.8, 4) is 0 Å². The number of allylic oxidation sites excluding steroid dienone is 1. The summed E-state index contributed by atoms with van der Waals surface area (Å²) in [4.78, 5) is 30.5. The van der Waals surface area contributed by atoms with E-state index in [4.69, 9.17) is 9.47 Å². The van der Waals surface area contributed by atoms with Crippen molar-refractivity contribution in [2.24, 2.45) is 11.8 Å². The SMILES string of the molecule is CC(C)C1C=C(C(=O)N2CCC3(CC2)C(=O)NCN3c2ccccc2)OC(OCc2ccc(CO)cc2)C1. The van der Waals surface area contributed by atoms with Crippen LogP contribution in [0.5, 0.6) is 0 Å². The van der Waals surface area contributed by atoms with Gasteiger partial charge in [0.05, 0.1) is 19.9 Å². The Labute approximate surface area is 224 Å². The maximum atomic E-state index is 13.6. The molecule has 2 aromatic carbocycles. The van der Waals surface area contributed by atoms with Gasteiger partial charge in [0, 0.05) is 25.2 Å². The van der Waals surface area contributed by atoms with Crippen LogP contribution >= 0.6 is 0 Å². The summed E-state index contributed by atoms with van der Waals surface area (Å²) in [5.74, 6) is 0.720. The second-order valence-corrected chi connectivity index (χ2v) is 10.8. The topological polar surface area (TPSA) is 91.3 Å². The number of piperidine rings is 1. The highest BCUT2D eigenvalue weighted by Crippen LogP contribution is 2.37. The lowest BCUT2D eigenvalue weighted by atomic mass is 9.85. The van der Waals surface area contributed by atoms with Gasteiger partial charge in [-0.1, -0.05) is 56.3 Å². The van der Waals surface area contributed by atoms with Crippen molar-refractivity contribution in [2.45, 2.75) is 58.2 Å². The predicted molar refractivity (Wildman–Crippen MR) is 144 cm³/mol. The third kappa shape index (κ3) is 5.28. The maximum Gasteiger partial charge on any atom is 0.288 e.